The van der Waals surface area contributed by atoms with Crippen LogP contribution in [0.1, 0.15) is 19.9 Å². The van der Waals surface area contributed by atoms with Gasteiger partial charge in [-0.25, -0.2) is 0 Å². The van der Waals surface area contributed by atoms with Crippen LogP contribution < -0.4 is 0 Å². The van der Waals surface area contributed by atoms with Gasteiger partial charge in [0, 0.05) is 27.8 Å². The topological polar surface area (TPSA) is 42.2 Å². The van der Waals surface area contributed by atoms with Gasteiger partial charge in [0.15, 0.2) is 0 Å². The standard InChI is InChI=1S/C17H17NO2/c1-11(17(19)20)12(2)18-15-9-5-3-7-13(15)14-8-4-6-10-16(14)18/h3-12H,1-2H3,(H,19,20). The maximum Gasteiger partial charge on any atom is 0.308 e. The number of aromatic nitrogens is 1. The van der Waals surface area contributed by atoms with E-state index in [-0.39, 0.29) is 6.04 Å². The van der Waals surface area contributed by atoms with Gasteiger partial charge in [0.1, 0.15) is 0 Å². The van der Waals surface area contributed by atoms with Gasteiger partial charge >= 0.3 is 5.97 Å². The Morgan fingerprint density at radius 1 is 0.950 bits per heavy atom. The number of benzene rings is 2. The molecule has 0 saturated carbocycles. The number of hydrogen-bond donors (Lipinski definition) is 1. The first-order valence-electron chi connectivity index (χ1n) is 6.81. The molecule has 0 bridgehead atoms. The molecule has 2 unspecified atom stereocenters. The Kier molecular flexibility index (Phi) is 2.97. The van der Waals surface area contributed by atoms with Crippen molar-refractivity contribution in [1.82, 2.24) is 4.57 Å². The summed E-state index contributed by atoms with van der Waals surface area (Å²) in [6.45, 7) is 3.73. The van der Waals surface area contributed by atoms with E-state index in [0.717, 1.165) is 11.0 Å². The minimum Gasteiger partial charge on any atom is -0.481 e. The average molecular weight is 267 g/mol. The van der Waals surface area contributed by atoms with E-state index >= 15 is 0 Å². The molecule has 3 rings (SSSR count). The first-order chi connectivity index (χ1) is 9.61. The van der Waals surface area contributed by atoms with Crippen LogP contribution in [0.5, 0.6) is 0 Å². The Labute approximate surface area is 117 Å². The summed E-state index contributed by atoms with van der Waals surface area (Å²) in [6.07, 6.45) is 0. The van der Waals surface area contributed by atoms with E-state index in [9.17, 15) is 9.90 Å². The van der Waals surface area contributed by atoms with Crippen molar-refractivity contribution in [3.05, 3.63) is 48.5 Å². The van der Waals surface area contributed by atoms with Crippen LogP contribution in [0.25, 0.3) is 21.8 Å². The Morgan fingerprint density at radius 3 is 1.85 bits per heavy atom. The SMILES string of the molecule is CC(C(=O)O)C(C)n1c2ccccc2c2ccccc21. The fourth-order valence-electron chi connectivity index (χ4n) is 2.82. The summed E-state index contributed by atoms with van der Waals surface area (Å²) < 4.78 is 2.14. The van der Waals surface area contributed by atoms with Crippen LogP contribution >= 0.6 is 0 Å². The summed E-state index contributed by atoms with van der Waals surface area (Å²) in [5.74, 6) is -1.20. The molecular formula is C17H17NO2. The third-order valence-corrected chi connectivity index (χ3v) is 4.14. The maximum atomic E-state index is 11.3. The highest BCUT2D eigenvalue weighted by molar-refractivity contribution is 6.08. The lowest BCUT2D eigenvalue weighted by atomic mass is 10.0. The Hall–Kier alpha value is -2.29. The second-order valence-corrected chi connectivity index (χ2v) is 5.27. The number of rotatable bonds is 3. The molecule has 1 aromatic heterocycles. The van der Waals surface area contributed by atoms with Crippen LogP contribution in [0.3, 0.4) is 0 Å². The van der Waals surface area contributed by atoms with Gasteiger partial charge in [-0.15, -0.1) is 0 Å². The van der Waals surface area contributed by atoms with E-state index in [4.69, 9.17) is 0 Å². The molecule has 1 heterocycles. The zero-order chi connectivity index (χ0) is 14.3. The first kappa shape index (κ1) is 12.7. The first-order valence-corrected chi connectivity index (χ1v) is 6.81. The predicted octanol–water partition coefficient (Wildman–Crippen LogP) is 4.08. The molecule has 20 heavy (non-hydrogen) atoms. The highest BCUT2D eigenvalue weighted by Crippen LogP contribution is 2.33. The number of carbonyl (C=O) groups is 1. The molecule has 2 atom stereocenters. The molecule has 3 heteroatoms. The molecule has 0 fully saturated rings. The summed E-state index contributed by atoms with van der Waals surface area (Å²) in [7, 11) is 0. The average Bonchev–Trinajstić information content (AvgIpc) is 2.80. The molecule has 0 aliphatic heterocycles. The fourth-order valence-corrected chi connectivity index (χ4v) is 2.82. The highest BCUT2D eigenvalue weighted by Gasteiger charge is 2.23. The lowest BCUT2D eigenvalue weighted by Gasteiger charge is -2.20. The van der Waals surface area contributed by atoms with Crippen molar-refractivity contribution in [1.29, 1.82) is 0 Å². The molecule has 1 N–H and O–H groups in total. The smallest absolute Gasteiger partial charge is 0.308 e. The van der Waals surface area contributed by atoms with E-state index in [1.807, 2.05) is 31.2 Å². The number of para-hydroxylation sites is 2. The summed E-state index contributed by atoms with van der Waals surface area (Å²) in [4.78, 5) is 11.3. The van der Waals surface area contributed by atoms with Crippen molar-refractivity contribution >= 4 is 27.8 Å². The Bertz CT molecular complexity index is 735. The van der Waals surface area contributed by atoms with Crippen molar-refractivity contribution in [2.45, 2.75) is 19.9 Å². The lowest BCUT2D eigenvalue weighted by Crippen LogP contribution is -2.21. The number of hydrogen-bond acceptors (Lipinski definition) is 1. The number of nitrogens with zero attached hydrogens (tertiary/aromatic N) is 1. The second-order valence-electron chi connectivity index (χ2n) is 5.27. The zero-order valence-corrected chi connectivity index (χ0v) is 11.6. The van der Waals surface area contributed by atoms with Crippen molar-refractivity contribution < 1.29 is 9.90 Å². The van der Waals surface area contributed by atoms with Gasteiger partial charge in [0.25, 0.3) is 0 Å². The number of fused-ring (bicyclic) bond motifs is 3. The zero-order valence-electron chi connectivity index (χ0n) is 11.6. The van der Waals surface area contributed by atoms with Crippen LogP contribution in [0.15, 0.2) is 48.5 Å². The van der Waals surface area contributed by atoms with Crippen LogP contribution in [0.4, 0.5) is 0 Å². The van der Waals surface area contributed by atoms with Crippen LogP contribution in [0.2, 0.25) is 0 Å². The van der Waals surface area contributed by atoms with Crippen molar-refractivity contribution in [2.24, 2.45) is 5.92 Å². The maximum absolute atomic E-state index is 11.3. The molecule has 0 spiro atoms. The summed E-state index contributed by atoms with van der Waals surface area (Å²) in [6, 6.07) is 16.2. The van der Waals surface area contributed by atoms with E-state index in [0.29, 0.717) is 0 Å². The fraction of sp³-hybridized carbons (Fsp3) is 0.235. The van der Waals surface area contributed by atoms with Crippen molar-refractivity contribution in [3.8, 4) is 0 Å². The van der Waals surface area contributed by atoms with Crippen LogP contribution in [-0.4, -0.2) is 15.6 Å². The normalized spacial score (nSPS) is 14.5. The largest absolute Gasteiger partial charge is 0.481 e. The monoisotopic (exact) mass is 267 g/mol. The Morgan fingerprint density at radius 2 is 1.40 bits per heavy atom. The molecule has 0 amide bonds. The van der Waals surface area contributed by atoms with E-state index < -0.39 is 11.9 Å². The minimum atomic E-state index is -0.764. The summed E-state index contributed by atoms with van der Waals surface area (Å²) in [5, 5.41) is 11.6. The van der Waals surface area contributed by atoms with Crippen molar-refractivity contribution in [2.75, 3.05) is 0 Å². The molecule has 2 aromatic carbocycles. The van der Waals surface area contributed by atoms with Gasteiger partial charge in [-0.3, -0.25) is 4.79 Å². The van der Waals surface area contributed by atoms with Crippen molar-refractivity contribution in [3.63, 3.8) is 0 Å². The van der Waals surface area contributed by atoms with Gasteiger partial charge in [0.2, 0.25) is 0 Å². The number of aliphatic carboxylic acids is 1. The summed E-state index contributed by atoms with van der Waals surface area (Å²) in [5.41, 5.74) is 2.18. The van der Waals surface area contributed by atoms with Crippen LogP contribution in [-0.2, 0) is 4.79 Å². The van der Waals surface area contributed by atoms with Gasteiger partial charge in [-0.05, 0) is 26.0 Å². The molecular weight excluding hydrogens is 250 g/mol. The molecule has 0 aliphatic carbocycles. The van der Waals surface area contributed by atoms with E-state index in [1.54, 1.807) is 6.92 Å². The van der Waals surface area contributed by atoms with Gasteiger partial charge < -0.3 is 9.67 Å². The van der Waals surface area contributed by atoms with E-state index in [1.165, 1.54) is 10.8 Å². The van der Waals surface area contributed by atoms with E-state index in [2.05, 4.69) is 28.8 Å². The quantitative estimate of drug-likeness (QED) is 0.777. The third kappa shape index (κ3) is 1.78. The minimum absolute atomic E-state index is 0.0997. The second kappa shape index (κ2) is 4.67. The third-order valence-electron chi connectivity index (χ3n) is 4.14. The summed E-state index contributed by atoms with van der Waals surface area (Å²) >= 11 is 0. The predicted molar refractivity (Wildman–Crippen MR) is 81.0 cm³/mol. The van der Waals surface area contributed by atoms with Gasteiger partial charge in [0.05, 0.1) is 5.92 Å². The molecule has 3 nitrogen and oxygen atoms in total. The molecule has 0 saturated heterocycles. The molecule has 0 aliphatic rings. The lowest BCUT2D eigenvalue weighted by molar-refractivity contribution is -0.142. The molecule has 0 radical (unpaired) electrons. The van der Waals surface area contributed by atoms with Crippen LogP contribution in [0, 0.1) is 5.92 Å². The Balaban J connectivity index is 2.34. The number of carboxylic acid groups (broad SMARTS) is 1. The van der Waals surface area contributed by atoms with Gasteiger partial charge in [-0.2, -0.15) is 0 Å². The highest BCUT2D eigenvalue weighted by atomic mass is 16.4. The van der Waals surface area contributed by atoms with Gasteiger partial charge in [-0.1, -0.05) is 36.4 Å². The molecule has 102 valence electrons. The molecule has 3 aromatic rings. The number of carboxylic acids is 1.